The Labute approximate surface area is 162 Å². The maximum absolute atomic E-state index is 12.2. The fourth-order valence-electron chi connectivity index (χ4n) is 3.13. The molecule has 27 heavy (non-hydrogen) atoms. The predicted octanol–water partition coefficient (Wildman–Crippen LogP) is 2.59. The molecule has 0 saturated carbocycles. The number of likely N-dealkylation sites (tertiary alicyclic amines) is 1. The van der Waals surface area contributed by atoms with Crippen molar-refractivity contribution in [2.45, 2.75) is 50.9 Å². The van der Waals surface area contributed by atoms with Crippen LogP contribution in [0, 0.1) is 0 Å². The standard InChI is InChI=1S/C18H24N4O4S/c1-3-21-17(14-8-6-10-25-14)19-20-18(21)27-12-16(24)26-11-15(23)22-9-5-4-7-13(22)2/h6,8,10,13H,3-5,7,9,11-12H2,1-2H3/t13-/m1/s1. The summed E-state index contributed by atoms with van der Waals surface area (Å²) in [5, 5.41) is 8.87. The van der Waals surface area contributed by atoms with E-state index < -0.39 is 5.97 Å². The Morgan fingerprint density at radius 2 is 2.22 bits per heavy atom. The van der Waals surface area contributed by atoms with Crippen molar-refractivity contribution in [3.8, 4) is 11.6 Å². The van der Waals surface area contributed by atoms with Crippen molar-refractivity contribution < 1.29 is 18.7 Å². The summed E-state index contributed by atoms with van der Waals surface area (Å²) in [6.07, 6.45) is 4.72. The first-order valence-electron chi connectivity index (χ1n) is 9.15. The van der Waals surface area contributed by atoms with E-state index in [1.807, 2.05) is 24.5 Å². The van der Waals surface area contributed by atoms with Gasteiger partial charge in [0.25, 0.3) is 5.91 Å². The third-order valence-corrected chi connectivity index (χ3v) is 5.51. The van der Waals surface area contributed by atoms with Gasteiger partial charge >= 0.3 is 5.97 Å². The van der Waals surface area contributed by atoms with Gasteiger partial charge in [-0.25, -0.2) is 0 Å². The summed E-state index contributed by atoms with van der Waals surface area (Å²) in [4.78, 5) is 26.1. The molecule has 1 fully saturated rings. The van der Waals surface area contributed by atoms with E-state index in [1.165, 1.54) is 11.8 Å². The largest absolute Gasteiger partial charge is 0.461 e. The molecular formula is C18H24N4O4S. The normalized spacial score (nSPS) is 17.1. The van der Waals surface area contributed by atoms with Crippen LogP contribution < -0.4 is 0 Å². The first-order chi connectivity index (χ1) is 13.1. The molecule has 0 spiro atoms. The number of piperidine rings is 1. The molecule has 2 aromatic rings. The fourth-order valence-corrected chi connectivity index (χ4v) is 3.93. The van der Waals surface area contributed by atoms with Crippen LogP contribution in [0.15, 0.2) is 28.0 Å². The molecule has 0 radical (unpaired) electrons. The maximum atomic E-state index is 12.2. The van der Waals surface area contributed by atoms with Crippen LogP contribution in [0.1, 0.15) is 33.1 Å². The van der Waals surface area contributed by atoms with Crippen molar-refractivity contribution in [2.24, 2.45) is 0 Å². The second kappa shape index (κ2) is 9.07. The molecule has 9 heteroatoms. The van der Waals surface area contributed by atoms with Gasteiger partial charge in [0.2, 0.25) is 0 Å². The van der Waals surface area contributed by atoms with Crippen LogP contribution in [0.5, 0.6) is 0 Å². The predicted molar refractivity (Wildman–Crippen MR) is 100 cm³/mol. The summed E-state index contributed by atoms with van der Waals surface area (Å²) in [6.45, 7) is 5.18. The Bertz CT molecular complexity index is 774. The van der Waals surface area contributed by atoms with Crippen molar-refractivity contribution >= 4 is 23.6 Å². The van der Waals surface area contributed by atoms with E-state index >= 15 is 0 Å². The lowest BCUT2D eigenvalue weighted by atomic mass is 10.0. The zero-order valence-corrected chi connectivity index (χ0v) is 16.4. The van der Waals surface area contributed by atoms with E-state index in [-0.39, 0.29) is 24.3 Å². The third-order valence-electron chi connectivity index (χ3n) is 4.57. The lowest BCUT2D eigenvalue weighted by Crippen LogP contribution is -2.44. The second-order valence-electron chi connectivity index (χ2n) is 6.41. The quantitative estimate of drug-likeness (QED) is 0.528. The van der Waals surface area contributed by atoms with Gasteiger partial charge in [0, 0.05) is 19.1 Å². The van der Waals surface area contributed by atoms with Gasteiger partial charge in [-0.2, -0.15) is 0 Å². The molecule has 146 valence electrons. The van der Waals surface area contributed by atoms with Crippen LogP contribution >= 0.6 is 11.8 Å². The minimum Gasteiger partial charge on any atom is -0.461 e. The molecule has 0 aliphatic carbocycles. The number of esters is 1. The van der Waals surface area contributed by atoms with Gasteiger partial charge in [0.1, 0.15) is 0 Å². The number of aromatic nitrogens is 3. The monoisotopic (exact) mass is 392 g/mol. The number of carbonyl (C=O) groups excluding carboxylic acids is 2. The molecule has 8 nitrogen and oxygen atoms in total. The van der Waals surface area contributed by atoms with Crippen molar-refractivity contribution in [1.29, 1.82) is 0 Å². The minimum atomic E-state index is -0.441. The number of ether oxygens (including phenoxy) is 1. The minimum absolute atomic E-state index is 0.0686. The van der Waals surface area contributed by atoms with Gasteiger partial charge in [0.15, 0.2) is 23.3 Å². The van der Waals surface area contributed by atoms with Crippen molar-refractivity contribution in [2.75, 3.05) is 18.9 Å². The summed E-state index contributed by atoms with van der Waals surface area (Å²) in [5.74, 6) is 0.743. The average molecular weight is 392 g/mol. The summed E-state index contributed by atoms with van der Waals surface area (Å²) in [5.41, 5.74) is 0. The number of amides is 1. The Morgan fingerprint density at radius 1 is 1.37 bits per heavy atom. The molecular weight excluding hydrogens is 368 g/mol. The zero-order chi connectivity index (χ0) is 19.2. The number of thioether (sulfide) groups is 1. The van der Waals surface area contributed by atoms with Crippen molar-refractivity contribution in [3.63, 3.8) is 0 Å². The summed E-state index contributed by atoms with van der Waals surface area (Å²) >= 11 is 1.23. The van der Waals surface area contributed by atoms with Gasteiger partial charge in [-0.3, -0.25) is 14.2 Å². The van der Waals surface area contributed by atoms with E-state index in [0.717, 1.165) is 25.8 Å². The Balaban J connectivity index is 1.50. The third kappa shape index (κ3) is 4.71. The summed E-state index contributed by atoms with van der Waals surface area (Å²) < 4.78 is 12.4. The second-order valence-corrected chi connectivity index (χ2v) is 7.35. The molecule has 1 aliphatic heterocycles. The number of furan rings is 1. The molecule has 3 rings (SSSR count). The summed E-state index contributed by atoms with van der Waals surface area (Å²) in [6, 6.07) is 3.81. The topological polar surface area (TPSA) is 90.5 Å². The molecule has 1 atom stereocenters. The van der Waals surface area contributed by atoms with Gasteiger partial charge in [-0.1, -0.05) is 11.8 Å². The number of carbonyl (C=O) groups is 2. The highest BCUT2D eigenvalue weighted by molar-refractivity contribution is 7.99. The molecule has 3 heterocycles. The molecule has 1 saturated heterocycles. The Hall–Kier alpha value is -2.29. The lowest BCUT2D eigenvalue weighted by molar-refractivity contribution is -0.151. The van der Waals surface area contributed by atoms with Crippen LogP contribution in [0.2, 0.25) is 0 Å². The van der Waals surface area contributed by atoms with Gasteiger partial charge < -0.3 is 14.1 Å². The zero-order valence-electron chi connectivity index (χ0n) is 15.6. The van der Waals surface area contributed by atoms with Crippen molar-refractivity contribution in [1.82, 2.24) is 19.7 Å². The van der Waals surface area contributed by atoms with Gasteiger partial charge in [-0.15, -0.1) is 10.2 Å². The van der Waals surface area contributed by atoms with E-state index in [2.05, 4.69) is 10.2 Å². The van der Waals surface area contributed by atoms with E-state index in [4.69, 9.17) is 9.15 Å². The van der Waals surface area contributed by atoms with E-state index in [0.29, 0.717) is 23.3 Å². The smallest absolute Gasteiger partial charge is 0.316 e. The van der Waals surface area contributed by atoms with Gasteiger partial charge in [-0.05, 0) is 45.2 Å². The molecule has 0 N–H and O–H groups in total. The molecule has 0 aromatic carbocycles. The van der Waals surface area contributed by atoms with Crippen LogP contribution in [0.25, 0.3) is 11.6 Å². The lowest BCUT2D eigenvalue weighted by Gasteiger charge is -2.33. The number of rotatable bonds is 7. The number of hydrogen-bond acceptors (Lipinski definition) is 7. The first kappa shape index (κ1) is 19.5. The van der Waals surface area contributed by atoms with Crippen LogP contribution in [0.3, 0.4) is 0 Å². The van der Waals surface area contributed by atoms with Crippen LogP contribution in [-0.4, -0.2) is 56.5 Å². The fraction of sp³-hybridized carbons (Fsp3) is 0.556. The Morgan fingerprint density at radius 3 is 2.93 bits per heavy atom. The average Bonchev–Trinajstić information content (AvgIpc) is 3.33. The van der Waals surface area contributed by atoms with Crippen molar-refractivity contribution in [3.05, 3.63) is 18.4 Å². The first-order valence-corrected chi connectivity index (χ1v) is 10.1. The SMILES string of the molecule is CCn1c(SCC(=O)OCC(=O)N2CCCC[C@H]2C)nnc1-c1ccco1. The van der Waals surface area contributed by atoms with Crippen LogP contribution in [-0.2, 0) is 20.9 Å². The Kier molecular flexibility index (Phi) is 6.54. The number of hydrogen-bond donors (Lipinski definition) is 0. The van der Waals surface area contributed by atoms with E-state index in [9.17, 15) is 9.59 Å². The highest BCUT2D eigenvalue weighted by atomic mass is 32.2. The molecule has 1 aliphatic rings. The molecule has 0 unspecified atom stereocenters. The van der Waals surface area contributed by atoms with Gasteiger partial charge in [0.05, 0.1) is 12.0 Å². The molecule has 2 aromatic heterocycles. The highest BCUT2D eigenvalue weighted by Crippen LogP contribution is 2.24. The highest BCUT2D eigenvalue weighted by Gasteiger charge is 2.24. The maximum Gasteiger partial charge on any atom is 0.316 e. The molecule has 1 amide bonds. The van der Waals surface area contributed by atoms with E-state index in [1.54, 1.807) is 17.2 Å². The molecule has 0 bridgehead atoms. The number of nitrogens with zero attached hydrogens (tertiary/aromatic N) is 4. The van der Waals surface area contributed by atoms with Crippen LogP contribution in [0.4, 0.5) is 0 Å². The summed E-state index contributed by atoms with van der Waals surface area (Å²) in [7, 11) is 0.